The number of thiazole rings is 1. The SMILES string of the molecule is Fc1cccc(-c2csc(CNCC3CC3)n2)c1. The second kappa shape index (κ2) is 5.16. The lowest BCUT2D eigenvalue weighted by Gasteiger charge is -1.99. The van der Waals surface area contributed by atoms with Crippen molar-refractivity contribution in [2.45, 2.75) is 19.4 Å². The van der Waals surface area contributed by atoms with E-state index in [0.29, 0.717) is 0 Å². The van der Waals surface area contributed by atoms with Crippen LogP contribution in [-0.4, -0.2) is 11.5 Å². The zero-order valence-electron chi connectivity index (χ0n) is 10.0. The summed E-state index contributed by atoms with van der Waals surface area (Å²) in [6, 6.07) is 6.58. The normalized spacial score (nSPS) is 14.9. The third-order valence-electron chi connectivity index (χ3n) is 3.08. The summed E-state index contributed by atoms with van der Waals surface area (Å²) >= 11 is 1.63. The molecule has 0 radical (unpaired) electrons. The Labute approximate surface area is 110 Å². The smallest absolute Gasteiger partial charge is 0.123 e. The molecule has 1 aliphatic carbocycles. The summed E-state index contributed by atoms with van der Waals surface area (Å²) in [6.07, 6.45) is 2.72. The lowest BCUT2D eigenvalue weighted by molar-refractivity contribution is 0.628. The molecule has 1 fully saturated rings. The van der Waals surface area contributed by atoms with Crippen LogP contribution in [0.15, 0.2) is 29.6 Å². The number of hydrogen-bond acceptors (Lipinski definition) is 3. The topological polar surface area (TPSA) is 24.9 Å². The number of hydrogen-bond donors (Lipinski definition) is 1. The van der Waals surface area contributed by atoms with Crippen LogP contribution in [0.1, 0.15) is 17.8 Å². The van der Waals surface area contributed by atoms with Crippen molar-refractivity contribution in [1.29, 1.82) is 0 Å². The summed E-state index contributed by atoms with van der Waals surface area (Å²) in [4.78, 5) is 4.53. The van der Waals surface area contributed by atoms with Gasteiger partial charge < -0.3 is 5.32 Å². The standard InChI is InChI=1S/C14H15FN2S/c15-12-3-1-2-11(6-12)13-9-18-14(17-13)8-16-7-10-4-5-10/h1-3,6,9-10,16H,4-5,7-8H2. The van der Waals surface area contributed by atoms with E-state index in [0.717, 1.165) is 35.3 Å². The summed E-state index contributed by atoms with van der Waals surface area (Å²) < 4.78 is 13.1. The molecule has 1 aliphatic rings. The highest BCUT2D eigenvalue weighted by molar-refractivity contribution is 7.09. The molecule has 1 aromatic heterocycles. The Morgan fingerprint density at radius 1 is 1.39 bits per heavy atom. The quantitative estimate of drug-likeness (QED) is 0.892. The maximum Gasteiger partial charge on any atom is 0.123 e. The number of nitrogens with zero attached hydrogens (tertiary/aromatic N) is 1. The molecule has 1 N–H and O–H groups in total. The molecule has 0 spiro atoms. The third-order valence-corrected chi connectivity index (χ3v) is 3.93. The van der Waals surface area contributed by atoms with Crippen molar-refractivity contribution in [3.8, 4) is 11.3 Å². The van der Waals surface area contributed by atoms with Crippen LogP contribution < -0.4 is 5.32 Å². The van der Waals surface area contributed by atoms with Gasteiger partial charge in [0.2, 0.25) is 0 Å². The van der Waals surface area contributed by atoms with E-state index in [1.807, 2.05) is 11.4 Å². The highest BCUT2D eigenvalue weighted by Crippen LogP contribution is 2.28. The average molecular weight is 262 g/mol. The molecule has 1 heterocycles. The fourth-order valence-electron chi connectivity index (χ4n) is 1.88. The van der Waals surface area contributed by atoms with Gasteiger partial charge in [-0.2, -0.15) is 0 Å². The number of benzene rings is 1. The van der Waals surface area contributed by atoms with Crippen LogP contribution in [0.4, 0.5) is 4.39 Å². The highest BCUT2D eigenvalue weighted by Gasteiger charge is 2.20. The number of nitrogens with one attached hydrogen (secondary N) is 1. The average Bonchev–Trinajstić information content (AvgIpc) is 3.06. The van der Waals surface area contributed by atoms with Crippen molar-refractivity contribution >= 4 is 11.3 Å². The molecule has 0 unspecified atom stereocenters. The monoisotopic (exact) mass is 262 g/mol. The highest BCUT2D eigenvalue weighted by atomic mass is 32.1. The Bertz CT molecular complexity index is 534. The van der Waals surface area contributed by atoms with Crippen molar-refractivity contribution in [1.82, 2.24) is 10.3 Å². The molecule has 2 nitrogen and oxygen atoms in total. The van der Waals surface area contributed by atoms with E-state index in [1.54, 1.807) is 17.4 Å². The predicted octanol–water partition coefficient (Wildman–Crippen LogP) is 3.45. The van der Waals surface area contributed by atoms with Crippen molar-refractivity contribution < 1.29 is 4.39 Å². The molecular weight excluding hydrogens is 247 g/mol. The predicted molar refractivity (Wildman–Crippen MR) is 71.9 cm³/mol. The molecule has 1 aromatic carbocycles. The molecule has 2 aromatic rings. The summed E-state index contributed by atoms with van der Waals surface area (Å²) in [6.45, 7) is 1.91. The van der Waals surface area contributed by atoms with Gasteiger partial charge in [0.25, 0.3) is 0 Å². The molecule has 94 valence electrons. The number of rotatable bonds is 5. The zero-order chi connectivity index (χ0) is 12.4. The van der Waals surface area contributed by atoms with E-state index in [-0.39, 0.29) is 5.82 Å². The molecular formula is C14H15FN2S. The van der Waals surface area contributed by atoms with Crippen LogP contribution in [0.25, 0.3) is 11.3 Å². The van der Waals surface area contributed by atoms with Crippen LogP contribution in [-0.2, 0) is 6.54 Å². The van der Waals surface area contributed by atoms with E-state index in [2.05, 4.69) is 10.3 Å². The van der Waals surface area contributed by atoms with Crippen molar-refractivity contribution in [3.05, 3.63) is 40.5 Å². The fourth-order valence-corrected chi connectivity index (χ4v) is 2.65. The summed E-state index contributed by atoms with van der Waals surface area (Å²) in [5, 5.41) is 6.47. The summed E-state index contributed by atoms with van der Waals surface area (Å²) in [5.41, 5.74) is 1.71. The van der Waals surface area contributed by atoms with Gasteiger partial charge in [0, 0.05) is 17.5 Å². The van der Waals surface area contributed by atoms with Crippen molar-refractivity contribution in [2.75, 3.05) is 6.54 Å². The van der Waals surface area contributed by atoms with Crippen LogP contribution in [0.3, 0.4) is 0 Å². The second-order valence-corrected chi connectivity index (χ2v) is 5.65. The first-order valence-electron chi connectivity index (χ1n) is 6.22. The van der Waals surface area contributed by atoms with E-state index >= 15 is 0 Å². The first kappa shape index (κ1) is 11.8. The number of aromatic nitrogens is 1. The minimum absolute atomic E-state index is 0.214. The largest absolute Gasteiger partial charge is 0.310 e. The molecule has 0 saturated heterocycles. The van der Waals surface area contributed by atoms with E-state index in [1.165, 1.54) is 25.0 Å². The third kappa shape index (κ3) is 2.94. The lowest BCUT2D eigenvalue weighted by Crippen LogP contribution is -2.15. The summed E-state index contributed by atoms with van der Waals surface area (Å²) in [7, 11) is 0. The van der Waals surface area contributed by atoms with Gasteiger partial charge in [0.1, 0.15) is 10.8 Å². The van der Waals surface area contributed by atoms with Gasteiger partial charge in [-0.1, -0.05) is 12.1 Å². The molecule has 0 atom stereocenters. The van der Waals surface area contributed by atoms with Crippen LogP contribution >= 0.6 is 11.3 Å². The van der Waals surface area contributed by atoms with Crippen LogP contribution in [0, 0.1) is 11.7 Å². The maximum absolute atomic E-state index is 13.1. The second-order valence-electron chi connectivity index (χ2n) is 4.71. The molecule has 3 rings (SSSR count). The fraction of sp³-hybridized carbons (Fsp3) is 0.357. The minimum Gasteiger partial charge on any atom is -0.310 e. The van der Waals surface area contributed by atoms with Crippen LogP contribution in [0.5, 0.6) is 0 Å². The van der Waals surface area contributed by atoms with Crippen molar-refractivity contribution in [3.63, 3.8) is 0 Å². The van der Waals surface area contributed by atoms with Gasteiger partial charge in [0.15, 0.2) is 0 Å². The Morgan fingerprint density at radius 3 is 3.06 bits per heavy atom. The summed E-state index contributed by atoms with van der Waals surface area (Å²) in [5.74, 6) is 0.668. The Balaban J connectivity index is 1.64. The van der Waals surface area contributed by atoms with E-state index in [4.69, 9.17) is 0 Å². The molecule has 0 aliphatic heterocycles. The van der Waals surface area contributed by atoms with Gasteiger partial charge in [-0.05, 0) is 37.4 Å². The Morgan fingerprint density at radius 2 is 2.28 bits per heavy atom. The van der Waals surface area contributed by atoms with Crippen LogP contribution in [0.2, 0.25) is 0 Å². The van der Waals surface area contributed by atoms with Gasteiger partial charge >= 0.3 is 0 Å². The van der Waals surface area contributed by atoms with E-state index in [9.17, 15) is 4.39 Å². The van der Waals surface area contributed by atoms with E-state index < -0.39 is 0 Å². The Hall–Kier alpha value is -1.26. The Kier molecular flexibility index (Phi) is 3.39. The zero-order valence-corrected chi connectivity index (χ0v) is 10.8. The van der Waals surface area contributed by atoms with Gasteiger partial charge in [-0.15, -0.1) is 11.3 Å². The minimum atomic E-state index is -0.214. The first-order valence-corrected chi connectivity index (χ1v) is 7.10. The molecule has 18 heavy (non-hydrogen) atoms. The molecule has 0 amide bonds. The number of halogens is 1. The lowest BCUT2D eigenvalue weighted by atomic mass is 10.2. The molecule has 1 saturated carbocycles. The van der Waals surface area contributed by atoms with Gasteiger partial charge in [0.05, 0.1) is 5.69 Å². The maximum atomic E-state index is 13.1. The first-order chi connectivity index (χ1) is 8.81. The molecule has 0 bridgehead atoms. The van der Waals surface area contributed by atoms with Gasteiger partial charge in [-0.3, -0.25) is 0 Å². The van der Waals surface area contributed by atoms with Crippen molar-refractivity contribution in [2.24, 2.45) is 5.92 Å². The van der Waals surface area contributed by atoms with Gasteiger partial charge in [-0.25, -0.2) is 9.37 Å². The molecule has 4 heteroatoms.